The molecule has 4 nitrogen and oxygen atoms in total. The molecule has 5 heteroatoms. The summed E-state index contributed by atoms with van der Waals surface area (Å²) in [4.78, 5) is 12.1. The molecule has 1 aliphatic rings. The fourth-order valence-electron chi connectivity index (χ4n) is 2.56. The number of carbonyl (C=O) groups excluding carboxylic acids is 1. The molecule has 0 radical (unpaired) electrons. The third kappa shape index (κ3) is 3.40. The van der Waals surface area contributed by atoms with Crippen molar-refractivity contribution in [3.63, 3.8) is 0 Å². The van der Waals surface area contributed by atoms with Crippen LogP contribution in [0.2, 0.25) is 0 Å². The molecule has 0 spiro atoms. The van der Waals surface area contributed by atoms with Gasteiger partial charge in [-0.25, -0.2) is 4.39 Å². The van der Waals surface area contributed by atoms with Gasteiger partial charge in [-0.1, -0.05) is 20.8 Å². The van der Waals surface area contributed by atoms with Crippen LogP contribution in [-0.4, -0.2) is 17.6 Å². The molecule has 1 aromatic carbocycles. The number of hydrogen-bond donors (Lipinski definition) is 2. The number of fused-ring (bicyclic) bond motifs is 1. The smallest absolute Gasteiger partial charge is 0.223 e. The first kappa shape index (κ1) is 16.7. The van der Waals surface area contributed by atoms with Gasteiger partial charge in [0.15, 0.2) is 11.6 Å². The van der Waals surface area contributed by atoms with E-state index in [1.807, 2.05) is 20.8 Å². The van der Waals surface area contributed by atoms with Gasteiger partial charge in [-0.05, 0) is 30.5 Å². The van der Waals surface area contributed by atoms with E-state index in [-0.39, 0.29) is 23.6 Å². The molecule has 1 aliphatic heterocycles. The van der Waals surface area contributed by atoms with E-state index in [1.165, 1.54) is 6.07 Å². The number of nitrogens with one attached hydrogen (secondary N) is 1. The van der Waals surface area contributed by atoms with Crippen molar-refractivity contribution in [2.24, 2.45) is 5.92 Å². The largest absolute Gasteiger partial charge is 0.490 e. The number of hydrogen-bond acceptors (Lipinski definition) is 3. The molecule has 0 saturated heterocycles. The highest BCUT2D eigenvalue weighted by Gasteiger charge is 2.28. The summed E-state index contributed by atoms with van der Waals surface area (Å²) in [6.45, 7) is 6.02. The molecule has 122 valence electrons. The maximum atomic E-state index is 14.2. The van der Waals surface area contributed by atoms with E-state index in [0.717, 1.165) is 6.42 Å². The van der Waals surface area contributed by atoms with E-state index in [2.05, 4.69) is 5.32 Å². The van der Waals surface area contributed by atoms with Gasteiger partial charge in [-0.2, -0.15) is 0 Å². The highest BCUT2D eigenvalue weighted by atomic mass is 19.1. The molecule has 0 bridgehead atoms. The van der Waals surface area contributed by atoms with Crippen molar-refractivity contribution >= 4 is 5.91 Å². The van der Waals surface area contributed by atoms with Gasteiger partial charge >= 0.3 is 0 Å². The van der Waals surface area contributed by atoms with Crippen molar-refractivity contribution in [2.75, 3.05) is 6.61 Å². The molecule has 1 heterocycles. The maximum absolute atomic E-state index is 14.2. The number of aliphatic hydroxyl groups is 1. The first-order valence-electron chi connectivity index (χ1n) is 7.92. The monoisotopic (exact) mass is 309 g/mol. The Kier molecular flexibility index (Phi) is 5.40. The summed E-state index contributed by atoms with van der Waals surface area (Å²) < 4.78 is 19.6. The molecule has 0 aromatic heterocycles. The van der Waals surface area contributed by atoms with Crippen LogP contribution in [0, 0.1) is 11.7 Å². The normalized spacial score (nSPS) is 19.8. The number of rotatable bonds is 5. The molecule has 1 amide bonds. The zero-order valence-electron chi connectivity index (χ0n) is 13.4. The quantitative estimate of drug-likeness (QED) is 0.878. The maximum Gasteiger partial charge on any atom is 0.223 e. The second-order valence-corrected chi connectivity index (χ2v) is 5.85. The van der Waals surface area contributed by atoms with Gasteiger partial charge in [0.05, 0.1) is 18.8 Å². The van der Waals surface area contributed by atoms with Crippen LogP contribution in [0.3, 0.4) is 0 Å². The Morgan fingerprint density at radius 1 is 1.45 bits per heavy atom. The van der Waals surface area contributed by atoms with E-state index in [0.29, 0.717) is 30.6 Å². The summed E-state index contributed by atoms with van der Waals surface area (Å²) >= 11 is 0. The van der Waals surface area contributed by atoms with Crippen molar-refractivity contribution in [2.45, 2.75) is 52.2 Å². The molecule has 2 N–H and O–H groups in total. The minimum Gasteiger partial charge on any atom is -0.490 e. The molecule has 3 atom stereocenters. The van der Waals surface area contributed by atoms with Crippen molar-refractivity contribution in [1.82, 2.24) is 5.32 Å². The summed E-state index contributed by atoms with van der Waals surface area (Å²) in [5, 5.41) is 12.9. The van der Waals surface area contributed by atoms with Gasteiger partial charge < -0.3 is 15.2 Å². The lowest BCUT2D eigenvalue weighted by atomic mass is 9.94. The fraction of sp³-hybridized carbons (Fsp3) is 0.588. The third-order valence-corrected chi connectivity index (χ3v) is 4.27. The number of carbonyl (C=O) groups is 1. The molecule has 0 aliphatic carbocycles. The van der Waals surface area contributed by atoms with Gasteiger partial charge in [-0.15, -0.1) is 0 Å². The molecule has 22 heavy (non-hydrogen) atoms. The highest BCUT2D eigenvalue weighted by molar-refractivity contribution is 5.78. The van der Waals surface area contributed by atoms with Crippen LogP contribution in [0.1, 0.15) is 63.3 Å². The second kappa shape index (κ2) is 7.09. The van der Waals surface area contributed by atoms with E-state index in [9.17, 15) is 14.3 Å². The van der Waals surface area contributed by atoms with E-state index in [4.69, 9.17) is 4.74 Å². The molecule has 0 fully saturated rings. The summed E-state index contributed by atoms with van der Waals surface area (Å²) in [6, 6.07) is 2.78. The van der Waals surface area contributed by atoms with Gasteiger partial charge in [0.1, 0.15) is 0 Å². The van der Waals surface area contributed by atoms with Crippen molar-refractivity contribution in [1.29, 1.82) is 0 Å². The topological polar surface area (TPSA) is 58.6 Å². The van der Waals surface area contributed by atoms with Crippen molar-refractivity contribution in [3.05, 3.63) is 29.1 Å². The van der Waals surface area contributed by atoms with E-state index in [1.54, 1.807) is 6.07 Å². The summed E-state index contributed by atoms with van der Waals surface area (Å²) in [5.74, 6) is -0.419. The van der Waals surface area contributed by atoms with Crippen molar-refractivity contribution in [3.8, 4) is 5.75 Å². The molecule has 3 unspecified atom stereocenters. The van der Waals surface area contributed by atoms with Crippen molar-refractivity contribution < 1.29 is 19.0 Å². The molecular weight excluding hydrogens is 285 g/mol. The Balaban J connectivity index is 2.31. The second-order valence-electron chi connectivity index (χ2n) is 5.85. The van der Waals surface area contributed by atoms with Crippen LogP contribution in [0.25, 0.3) is 0 Å². The highest BCUT2D eigenvalue weighted by Crippen LogP contribution is 2.37. The lowest BCUT2D eigenvalue weighted by Crippen LogP contribution is -2.35. The van der Waals surface area contributed by atoms with Crippen LogP contribution in [0.5, 0.6) is 5.75 Å². The zero-order chi connectivity index (χ0) is 16.3. The molecule has 2 rings (SSSR count). The van der Waals surface area contributed by atoms with Crippen LogP contribution < -0.4 is 10.1 Å². The lowest BCUT2D eigenvalue weighted by molar-refractivity contribution is -0.125. The van der Waals surface area contributed by atoms with Crippen LogP contribution in [-0.2, 0) is 4.79 Å². The number of amides is 1. The Morgan fingerprint density at radius 2 is 2.18 bits per heavy atom. The minimum atomic E-state index is -0.715. The SMILES string of the molecule is CCC(C)C(=O)NC1CCOc2c(F)cc(C(O)CC)cc21. The lowest BCUT2D eigenvalue weighted by Gasteiger charge is -2.29. The predicted molar refractivity (Wildman–Crippen MR) is 82.1 cm³/mol. The molecule has 0 saturated carbocycles. The predicted octanol–water partition coefficient (Wildman–Crippen LogP) is 3.26. The van der Waals surface area contributed by atoms with Gasteiger partial charge in [0, 0.05) is 17.9 Å². The Labute approximate surface area is 130 Å². The third-order valence-electron chi connectivity index (χ3n) is 4.27. The Hall–Kier alpha value is -1.62. The summed E-state index contributed by atoms with van der Waals surface area (Å²) in [7, 11) is 0. The first-order chi connectivity index (χ1) is 10.5. The number of benzene rings is 1. The number of ether oxygens (including phenoxy) is 1. The van der Waals surface area contributed by atoms with E-state index < -0.39 is 11.9 Å². The molecule has 1 aromatic rings. The fourth-order valence-corrected chi connectivity index (χ4v) is 2.56. The van der Waals surface area contributed by atoms with Gasteiger partial charge in [-0.3, -0.25) is 4.79 Å². The van der Waals surface area contributed by atoms with Gasteiger partial charge in [0.25, 0.3) is 0 Å². The summed E-state index contributed by atoms with van der Waals surface area (Å²) in [6.07, 6.45) is 1.14. The summed E-state index contributed by atoms with van der Waals surface area (Å²) in [5.41, 5.74) is 1.14. The van der Waals surface area contributed by atoms with Crippen LogP contribution >= 0.6 is 0 Å². The first-order valence-corrected chi connectivity index (χ1v) is 7.92. The van der Waals surface area contributed by atoms with Gasteiger partial charge in [0.2, 0.25) is 5.91 Å². The standard InChI is InChI=1S/C17H24FNO3/c1-4-10(3)17(21)19-14-6-7-22-16-12(14)8-11(9-13(16)18)15(20)5-2/h8-10,14-15,20H,4-7H2,1-3H3,(H,19,21). The van der Waals surface area contributed by atoms with Crippen LogP contribution in [0.4, 0.5) is 4.39 Å². The van der Waals surface area contributed by atoms with E-state index >= 15 is 0 Å². The zero-order valence-corrected chi connectivity index (χ0v) is 13.4. The Morgan fingerprint density at radius 3 is 2.82 bits per heavy atom. The number of halogens is 1. The minimum absolute atomic E-state index is 0.0396. The molecular formula is C17H24FNO3. The number of aliphatic hydroxyl groups excluding tert-OH is 1. The Bertz CT molecular complexity index is 547. The average Bonchev–Trinajstić information content (AvgIpc) is 2.53. The van der Waals surface area contributed by atoms with Crippen LogP contribution in [0.15, 0.2) is 12.1 Å². The average molecular weight is 309 g/mol.